The fourth-order valence-electron chi connectivity index (χ4n) is 3.47. The van der Waals surface area contributed by atoms with E-state index in [2.05, 4.69) is 84.5 Å². The third-order valence-electron chi connectivity index (χ3n) is 4.83. The Balaban J connectivity index is 1.64. The van der Waals surface area contributed by atoms with E-state index in [0.29, 0.717) is 0 Å². The van der Waals surface area contributed by atoms with E-state index in [1.165, 1.54) is 33.4 Å². The lowest BCUT2D eigenvalue weighted by Gasteiger charge is -2.09. The largest absolute Gasteiger partial charge is 0.256 e. The Labute approximate surface area is 160 Å². The summed E-state index contributed by atoms with van der Waals surface area (Å²) in [7, 11) is 0. The summed E-state index contributed by atoms with van der Waals surface area (Å²) in [5.41, 5.74) is 9.41. The summed E-state index contributed by atoms with van der Waals surface area (Å²) in [4.78, 5) is 9.10. The van der Waals surface area contributed by atoms with E-state index in [9.17, 15) is 0 Å². The summed E-state index contributed by atoms with van der Waals surface area (Å²) < 4.78 is 0. The van der Waals surface area contributed by atoms with Crippen molar-refractivity contribution in [2.75, 3.05) is 0 Å². The van der Waals surface area contributed by atoms with Gasteiger partial charge < -0.3 is 0 Å². The van der Waals surface area contributed by atoms with Gasteiger partial charge in [-0.25, -0.2) is 0 Å². The van der Waals surface area contributed by atoms with E-state index >= 15 is 0 Å². The molecule has 0 spiro atoms. The van der Waals surface area contributed by atoms with E-state index in [0.717, 1.165) is 17.8 Å². The summed E-state index contributed by atoms with van der Waals surface area (Å²) in [6, 6.07) is 25.5. The zero-order valence-electron chi connectivity index (χ0n) is 15.7. The van der Waals surface area contributed by atoms with E-state index in [-0.39, 0.29) is 0 Å². The highest BCUT2D eigenvalue weighted by molar-refractivity contribution is 5.65. The maximum atomic E-state index is 4.55. The minimum Gasteiger partial charge on any atom is -0.256 e. The molecule has 0 N–H and O–H groups in total. The molecule has 0 saturated heterocycles. The number of hydrogen-bond donors (Lipinski definition) is 0. The van der Waals surface area contributed by atoms with Gasteiger partial charge in [-0.05, 0) is 66.8 Å². The molecule has 0 amide bonds. The fraction of sp³-hybridized carbons (Fsp3) is 0.120. The molecule has 0 unspecified atom stereocenters. The molecule has 27 heavy (non-hydrogen) atoms. The van der Waals surface area contributed by atoms with Gasteiger partial charge in [0.25, 0.3) is 0 Å². The van der Waals surface area contributed by atoms with Crippen LogP contribution in [-0.4, -0.2) is 9.97 Å². The normalized spacial score (nSPS) is 10.7. The van der Waals surface area contributed by atoms with Crippen molar-refractivity contribution in [1.29, 1.82) is 0 Å². The quantitative estimate of drug-likeness (QED) is 0.450. The Morgan fingerprint density at radius 1 is 0.593 bits per heavy atom. The molecule has 0 radical (unpaired) electrons. The van der Waals surface area contributed by atoms with Gasteiger partial charge in [0.05, 0.1) is 11.4 Å². The molecule has 2 aromatic carbocycles. The smallest absolute Gasteiger partial charge is 0.0731 e. The van der Waals surface area contributed by atoms with Crippen molar-refractivity contribution in [3.63, 3.8) is 0 Å². The van der Waals surface area contributed by atoms with Crippen LogP contribution in [0.4, 0.5) is 0 Å². The first kappa shape index (κ1) is 17.2. The number of aromatic nitrogens is 2. The SMILES string of the molecule is Cc1cccnc1-c1cccc(Cc2cccc(-c3ncccc3C)c2)c1. The van der Waals surface area contributed by atoms with Gasteiger partial charge in [-0.2, -0.15) is 0 Å². The molecule has 0 aliphatic carbocycles. The summed E-state index contributed by atoms with van der Waals surface area (Å²) in [6.07, 6.45) is 4.60. The molecule has 0 saturated carbocycles. The highest BCUT2D eigenvalue weighted by Crippen LogP contribution is 2.25. The monoisotopic (exact) mass is 350 g/mol. The molecule has 2 heterocycles. The van der Waals surface area contributed by atoms with Gasteiger partial charge >= 0.3 is 0 Å². The molecule has 4 rings (SSSR count). The number of pyridine rings is 2. The minimum absolute atomic E-state index is 0.888. The van der Waals surface area contributed by atoms with Crippen LogP contribution in [0.3, 0.4) is 0 Å². The zero-order chi connectivity index (χ0) is 18.6. The Kier molecular flexibility index (Phi) is 4.80. The van der Waals surface area contributed by atoms with Crippen LogP contribution in [0.5, 0.6) is 0 Å². The highest BCUT2D eigenvalue weighted by Gasteiger charge is 2.07. The van der Waals surface area contributed by atoms with Crippen molar-refractivity contribution in [2.45, 2.75) is 20.3 Å². The van der Waals surface area contributed by atoms with Gasteiger partial charge in [0, 0.05) is 23.5 Å². The van der Waals surface area contributed by atoms with E-state index in [4.69, 9.17) is 0 Å². The molecular weight excluding hydrogens is 328 g/mol. The van der Waals surface area contributed by atoms with Crippen LogP contribution in [0, 0.1) is 13.8 Å². The number of benzene rings is 2. The van der Waals surface area contributed by atoms with Crippen LogP contribution in [-0.2, 0) is 6.42 Å². The van der Waals surface area contributed by atoms with Crippen LogP contribution in [0.1, 0.15) is 22.3 Å². The lowest BCUT2D eigenvalue weighted by atomic mass is 9.97. The maximum absolute atomic E-state index is 4.55. The molecule has 0 aliphatic rings. The Bertz CT molecular complexity index is 996. The minimum atomic E-state index is 0.888. The van der Waals surface area contributed by atoms with Gasteiger partial charge in [-0.1, -0.05) is 48.5 Å². The van der Waals surface area contributed by atoms with Gasteiger partial charge in [0.15, 0.2) is 0 Å². The van der Waals surface area contributed by atoms with Crippen LogP contribution in [0.2, 0.25) is 0 Å². The predicted molar refractivity (Wildman–Crippen MR) is 112 cm³/mol. The highest BCUT2D eigenvalue weighted by atomic mass is 14.7. The lowest BCUT2D eigenvalue weighted by molar-refractivity contribution is 1.18. The van der Waals surface area contributed by atoms with Crippen molar-refractivity contribution >= 4 is 0 Å². The second kappa shape index (κ2) is 7.55. The lowest BCUT2D eigenvalue weighted by Crippen LogP contribution is -1.93. The summed E-state index contributed by atoms with van der Waals surface area (Å²) in [6.45, 7) is 4.21. The van der Waals surface area contributed by atoms with E-state index < -0.39 is 0 Å². The van der Waals surface area contributed by atoms with Crippen molar-refractivity contribution in [3.8, 4) is 22.5 Å². The average molecular weight is 350 g/mol. The molecule has 0 atom stereocenters. The van der Waals surface area contributed by atoms with E-state index in [1.54, 1.807) is 0 Å². The molecule has 0 fully saturated rings. The molecule has 2 nitrogen and oxygen atoms in total. The average Bonchev–Trinajstić information content (AvgIpc) is 2.69. The Morgan fingerprint density at radius 3 is 1.52 bits per heavy atom. The molecule has 2 aromatic heterocycles. The molecule has 132 valence electrons. The topological polar surface area (TPSA) is 25.8 Å². The third-order valence-corrected chi connectivity index (χ3v) is 4.83. The molecule has 0 bridgehead atoms. The van der Waals surface area contributed by atoms with Crippen LogP contribution in [0.25, 0.3) is 22.5 Å². The van der Waals surface area contributed by atoms with Crippen molar-refractivity contribution in [1.82, 2.24) is 9.97 Å². The molecule has 2 heteroatoms. The van der Waals surface area contributed by atoms with Gasteiger partial charge in [-0.3, -0.25) is 9.97 Å². The van der Waals surface area contributed by atoms with E-state index in [1.807, 2.05) is 24.5 Å². The summed E-state index contributed by atoms with van der Waals surface area (Å²) >= 11 is 0. The third kappa shape index (κ3) is 3.80. The predicted octanol–water partition coefficient (Wildman–Crippen LogP) is 6.02. The van der Waals surface area contributed by atoms with Crippen LogP contribution >= 0.6 is 0 Å². The number of nitrogens with zero attached hydrogens (tertiary/aromatic N) is 2. The fourth-order valence-corrected chi connectivity index (χ4v) is 3.47. The van der Waals surface area contributed by atoms with Gasteiger partial charge in [0.2, 0.25) is 0 Å². The van der Waals surface area contributed by atoms with Crippen molar-refractivity contribution < 1.29 is 0 Å². The van der Waals surface area contributed by atoms with Crippen molar-refractivity contribution in [2.24, 2.45) is 0 Å². The van der Waals surface area contributed by atoms with Gasteiger partial charge in [-0.15, -0.1) is 0 Å². The number of aryl methyl sites for hydroxylation is 2. The molecule has 0 aliphatic heterocycles. The zero-order valence-corrected chi connectivity index (χ0v) is 15.7. The molecular formula is C25H22N2. The standard InChI is InChI=1S/C25H22N2/c1-18-7-5-13-26-24(18)22-11-3-9-20(16-22)15-21-10-4-12-23(17-21)25-19(2)8-6-14-27-25/h3-14,16-17H,15H2,1-2H3. The van der Waals surface area contributed by atoms with Crippen LogP contribution in [0.15, 0.2) is 85.2 Å². The summed E-state index contributed by atoms with van der Waals surface area (Å²) in [5, 5.41) is 0. The second-order valence-corrected chi connectivity index (χ2v) is 6.92. The second-order valence-electron chi connectivity index (χ2n) is 6.92. The first-order chi connectivity index (χ1) is 13.2. The number of hydrogen-bond acceptors (Lipinski definition) is 2. The van der Waals surface area contributed by atoms with Crippen LogP contribution < -0.4 is 0 Å². The first-order valence-corrected chi connectivity index (χ1v) is 9.22. The maximum Gasteiger partial charge on any atom is 0.0731 e. The Hall–Kier alpha value is -3.26. The van der Waals surface area contributed by atoms with Gasteiger partial charge in [0.1, 0.15) is 0 Å². The Morgan fingerprint density at radius 2 is 1.07 bits per heavy atom. The first-order valence-electron chi connectivity index (χ1n) is 9.22. The van der Waals surface area contributed by atoms with Crippen molar-refractivity contribution in [3.05, 3.63) is 107 Å². The molecule has 4 aromatic rings. The number of rotatable bonds is 4. The summed E-state index contributed by atoms with van der Waals surface area (Å²) in [5.74, 6) is 0.